The van der Waals surface area contributed by atoms with Gasteiger partial charge in [-0.15, -0.1) is 0 Å². The van der Waals surface area contributed by atoms with E-state index in [4.69, 9.17) is 14.2 Å². The Morgan fingerprint density at radius 1 is 0.900 bits per heavy atom. The van der Waals surface area contributed by atoms with Crippen molar-refractivity contribution in [2.45, 2.75) is 33.8 Å². The predicted octanol–water partition coefficient (Wildman–Crippen LogP) is 2.16. The highest BCUT2D eigenvalue weighted by atomic mass is 16.6. The number of esters is 3. The molecular formula is C14H16O6. The third-order valence-electron chi connectivity index (χ3n) is 2.29. The van der Waals surface area contributed by atoms with E-state index in [0.29, 0.717) is 5.56 Å². The van der Waals surface area contributed by atoms with Crippen LogP contribution in [0.1, 0.15) is 39.4 Å². The highest BCUT2D eigenvalue weighted by Gasteiger charge is 2.15. The lowest BCUT2D eigenvalue weighted by Gasteiger charge is -2.15. The van der Waals surface area contributed by atoms with Crippen LogP contribution in [0, 0.1) is 0 Å². The van der Waals surface area contributed by atoms with Crippen LogP contribution in [0.5, 0.6) is 11.5 Å². The molecule has 1 aromatic rings. The van der Waals surface area contributed by atoms with Crippen LogP contribution >= 0.6 is 0 Å². The van der Waals surface area contributed by atoms with E-state index < -0.39 is 24.0 Å². The third kappa shape index (κ3) is 4.72. The highest BCUT2D eigenvalue weighted by molar-refractivity contribution is 5.73. The van der Waals surface area contributed by atoms with Crippen molar-refractivity contribution in [2.24, 2.45) is 0 Å². The van der Waals surface area contributed by atoms with Crippen molar-refractivity contribution in [2.75, 3.05) is 0 Å². The number of hydrogen-bond acceptors (Lipinski definition) is 6. The molecule has 0 spiro atoms. The molecule has 1 rings (SSSR count). The molecule has 1 atom stereocenters. The van der Waals surface area contributed by atoms with Crippen LogP contribution in [-0.2, 0) is 19.1 Å². The number of benzene rings is 1. The minimum atomic E-state index is -0.546. The molecule has 1 unspecified atom stereocenters. The van der Waals surface area contributed by atoms with Crippen molar-refractivity contribution < 1.29 is 28.6 Å². The molecule has 0 saturated carbocycles. The largest absolute Gasteiger partial charge is 0.458 e. The Kier molecular flexibility index (Phi) is 5.25. The minimum Gasteiger partial charge on any atom is -0.458 e. The van der Waals surface area contributed by atoms with E-state index in [1.165, 1.54) is 32.9 Å². The molecule has 0 aromatic heterocycles. The first-order valence-electron chi connectivity index (χ1n) is 5.97. The predicted molar refractivity (Wildman–Crippen MR) is 69.2 cm³/mol. The zero-order chi connectivity index (χ0) is 15.3. The number of hydrogen-bond donors (Lipinski definition) is 0. The van der Waals surface area contributed by atoms with Gasteiger partial charge < -0.3 is 14.2 Å². The quantitative estimate of drug-likeness (QED) is 0.621. The molecule has 0 heterocycles. The summed E-state index contributed by atoms with van der Waals surface area (Å²) in [7, 11) is 0. The van der Waals surface area contributed by atoms with Gasteiger partial charge in [-0.2, -0.15) is 0 Å². The van der Waals surface area contributed by atoms with Gasteiger partial charge in [-0.1, -0.05) is 6.07 Å². The fourth-order valence-electron chi connectivity index (χ4n) is 1.57. The van der Waals surface area contributed by atoms with E-state index >= 15 is 0 Å². The summed E-state index contributed by atoms with van der Waals surface area (Å²) in [6, 6.07) is 4.60. The second kappa shape index (κ2) is 6.70. The van der Waals surface area contributed by atoms with Crippen LogP contribution in [0.3, 0.4) is 0 Å². The molecule has 1 aromatic carbocycles. The van der Waals surface area contributed by atoms with Crippen LogP contribution in [0.2, 0.25) is 0 Å². The number of ether oxygens (including phenoxy) is 3. The Hall–Kier alpha value is -2.37. The fraction of sp³-hybridized carbons (Fsp3) is 0.357. The van der Waals surface area contributed by atoms with Crippen molar-refractivity contribution >= 4 is 17.9 Å². The van der Waals surface area contributed by atoms with E-state index in [2.05, 4.69) is 0 Å². The normalized spacial score (nSPS) is 11.4. The average molecular weight is 280 g/mol. The number of carbonyl (C=O) groups excluding carboxylic acids is 3. The maximum atomic E-state index is 11.1. The van der Waals surface area contributed by atoms with Crippen LogP contribution < -0.4 is 9.47 Å². The molecule has 6 nitrogen and oxygen atoms in total. The zero-order valence-corrected chi connectivity index (χ0v) is 11.8. The summed E-state index contributed by atoms with van der Waals surface area (Å²) in [6.07, 6.45) is -0.506. The summed E-state index contributed by atoms with van der Waals surface area (Å²) in [6.45, 7) is 5.46. The van der Waals surface area contributed by atoms with Crippen LogP contribution in [-0.4, -0.2) is 17.9 Å². The molecule has 0 aliphatic heterocycles. The Labute approximate surface area is 116 Å². The zero-order valence-electron chi connectivity index (χ0n) is 11.8. The topological polar surface area (TPSA) is 78.9 Å². The Bertz CT molecular complexity index is 534. The van der Waals surface area contributed by atoms with Crippen LogP contribution in [0.15, 0.2) is 18.2 Å². The van der Waals surface area contributed by atoms with Gasteiger partial charge in [0.25, 0.3) is 0 Å². The SMILES string of the molecule is CC(=O)Oc1ccc(C(C)OC(C)=O)cc1OC(C)=O. The van der Waals surface area contributed by atoms with Gasteiger partial charge in [0.15, 0.2) is 11.5 Å². The lowest BCUT2D eigenvalue weighted by atomic mass is 10.1. The van der Waals surface area contributed by atoms with Crippen molar-refractivity contribution in [1.82, 2.24) is 0 Å². The molecular weight excluding hydrogens is 264 g/mol. The van der Waals surface area contributed by atoms with Gasteiger partial charge in [-0.3, -0.25) is 14.4 Å². The molecule has 0 bridgehead atoms. The third-order valence-corrected chi connectivity index (χ3v) is 2.29. The molecule has 0 aliphatic rings. The summed E-state index contributed by atoms with van der Waals surface area (Å²) in [4.78, 5) is 33.0. The Balaban J connectivity index is 3.09. The Morgan fingerprint density at radius 3 is 1.95 bits per heavy atom. The smallest absolute Gasteiger partial charge is 0.308 e. The van der Waals surface area contributed by atoms with Gasteiger partial charge in [-0.05, 0) is 24.6 Å². The molecule has 108 valence electrons. The molecule has 6 heteroatoms. The van der Waals surface area contributed by atoms with E-state index in [9.17, 15) is 14.4 Å². The summed E-state index contributed by atoms with van der Waals surface area (Å²) in [5.74, 6) is -1.26. The first-order chi connectivity index (χ1) is 9.29. The van der Waals surface area contributed by atoms with Gasteiger partial charge in [-0.25, -0.2) is 0 Å². The first-order valence-corrected chi connectivity index (χ1v) is 5.97. The van der Waals surface area contributed by atoms with Gasteiger partial charge in [0.2, 0.25) is 0 Å². The fourth-order valence-corrected chi connectivity index (χ4v) is 1.57. The summed E-state index contributed by atoms with van der Waals surface area (Å²) in [5.41, 5.74) is 0.618. The number of rotatable bonds is 4. The minimum absolute atomic E-state index is 0.101. The summed E-state index contributed by atoms with van der Waals surface area (Å²) >= 11 is 0. The maximum absolute atomic E-state index is 11.1. The van der Waals surface area contributed by atoms with Crippen LogP contribution in [0.25, 0.3) is 0 Å². The van der Waals surface area contributed by atoms with E-state index in [1.807, 2.05) is 0 Å². The average Bonchev–Trinajstić information content (AvgIpc) is 2.29. The van der Waals surface area contributed by atoms with Gasteiger partial charge >= 0.3 is 17.9 Å². The van der Waals surface area contributed by atoms with Crippen LogP contribution in [0.4, 0.5) is 0 Å². The van der Waals surface area contributed by atoms with E-state index in [1.54, 1.807) is 13.0 Å². The Morgan fingerprint density at radius 2 is 1.45 bits per heavy atom. The van der Waals surface area contributed by atoms with Gasteiger partial charge in [0.05, 0.1) is 0 Å². The van der Waals surface area contributed by atoms with Crippen molar-refractivity contribution in [3.63, 3.8) is 0 Å². The van der Waals surface area contributed by atoms with E-state index in [-0.39, 0.29) is 11.5 Å². The van der Waals surface area contributed by atoms with Crippen molar-refractivity contribution in [3.8, 4) is 11.5 Å². The monoisotopic (exact) mass is 280 g/mol. The number of carbonyl (C=O) groups is 3. The standard InChI is InChI=1S/C14H16O6/c1-8(18-9(2)15)12-5-6-13(19-10(3)16)14(7-12)20-11(4)17/h5-8H,1-4H3. The lowest BCUT2D eigenvalue weighted by Crippen LogP contribution is -2.09. The second-order valence-corrected chi connectivity index (χ2v) is 4.15. The lowest BCUT2D eigenvalue weighted by molar-refractivity contribution is -0.145. The first kappa shape index (κ1) is 15.7. The highest BCUT2D eigenvalue weighted by Crippen LogP contribution is 2.31. The van der Waals surface area contributed by atoms with E-state index in [0.717, 1.165) is 0 Å². The molecule has 0 radical (unpaired) electrons. The summed E-state index contributed by atoms with van der Waals surface area (Å²) < 4.78 is 15.0. The van der Waals surface area contributed by atoms with Crippen molar-refractivity contribution in [1.29, 1.82) is 0 Å². The van der Waals surface area contributed by atoms with Crippen molar-refractivity contribution in [3.05, 3.63) is 23.8 Å². The molecule has 0 N–H and O–H groups in total. The molecule has 0 saturated heterocycles. The van der Waals surface area contributed by atoms with Gasteiger partial charge in [0.1, 0.15) is 6.10 Å². The second-order valence-electron chi connectivity index (χ2n) is 4.15. The molecule has 0 fully saturated rings. The molecule has 0 amide bonds. The summed E-state index contributed by atoms with van der Waals surface area (Å²) in [5, 5.41) is 0. The molecule has 0 aliphatic carbocycles. The van der Waals surface area contributed by atoms with Gasteiger partial charge in [0, 0.05) is 20.8 Å². The molecule has 20 heavy (non-hydrogen) atoms. The maximum Gasteiger partial charge on any atom is 0.308 e.